The zero-order valence-electron chi connectivity index (χ0n) is 14.1. The first kappa shape index (κ1) is 16.5. The number of methoxy groups -OCH3 is 1. The monoisotopic (exact) mass is 324 g/mol. The van der Waals surface area contributed by atoms with Crippen LogP contribution in [0.1, 0.15) is 36.8 Å². The molecule has 1 aromatic heterocycles. The van der Waals surface area contributed by atoms with Crippen LogP contribution in [-0.2, 0) is 17.8 Å². The van der Waals surface area contributed by atoms with E-state index in [1.54, 1.807) is 7.11 Å². The minimum absolute atomic E-state index is 0.439. The molecule has 0 unspecified atom stereocenters. The van der Waals surface area contributed by atoms with Crippen LogP contribution in [0.25, 0.3) is 0 Å². The van der Waals surface area contributed by atoms with Crippen LogP contribution in [0, 0.1) is 0 Å². The molecule has 0 N–H and O–H groups in total. The number of hydrogen-bond donors (Lipinski definition) is 0. The summed E-state index contributed by atoms with van der Waals surface area (Å²) in [5.41, 5.74) is 2.56. The third kappa shape index (κ3) is 3.75. The molecule has 0 aliphatic carbocycles. The molecule has 0 radical (unpaired) electrons. The van der Waals surface area contributed by atoms with E-state index < -0.39 is 0 Å². The number of aryl methyl sites for hydroxylation is 1. The number of carbonyl (C=O) groups excluding carboxylic acids is 1. The average Bonchev–Trinajstić information content (AvgIpc) is 2.64. The number of rotatable bonds is 7. The first-order valence-corrected chi connectivity index (χ1v) is 8.59. The number of carbonyl (C=O) groups is 1. The van der Waals surface area contributed by atoms with E-state index in [9.17, 15) is 4.79 Å². The summed E-state index contributed by atoms with van der Waals surface area (Å²) in [5.74, 6) is 1.97. The van der Waals surface area contributed by atoms with Gasteiger partial charge in [-0.3, -0.25) is 0 Å². The number of benzene rings is 1. The fraction of sp³-hybridized carbons (Fsp3) is 0.400. The maximum atomic E-state index is 10.6. The third-order valence-corrected chi connectivity index (χ3v) is 4.70. The quantitative estimate of drug-likeness (QED) is 0.574. The van der Waals surface area contributed by atoms with Gasteiger partial charge in [0.1, 0.15) is 17.9 Å². The van der Waals surface area contributed by atoms with Gasteiger partial charge in [-0.15, -0.1) is 0 Å². The third-order valence-electron chi connectivity index (χ3n) is 4.70. The van der Waals surface area contributed by atoms with E-state index in [1.165, 1.54) is 11.1 Å². The number of hydrogen-bond acceptors (Lipinski definition) is 4. The van der Waals surface area contributed by atoms with Gasteiger partial charge in [-0.25, -0.2) is 4.98 Å². The van der Waals surface area contributed by atoms with Crippen LogP contribution in [0.3, 0.4) is 0 Å². The van der Waals surface area contributed by atoms with Gasteiger partial charge in [0.05, 0.1) is 7.11 Å². The molecule has 1 aliphatic heterocycles. The van der Waals surface area contributed by atoms with E-state index in [2.05, 4.69) is 28.1 Å². The predicted octanol–water partition coefficient (Wildman–Crippen LogP) is 3.78. The maximum absolute atomic E-state index is 10.6. The summed E-state index contributed by atoms with van der Waals surface area (Å²) < 4.78 is 5.24. The Kier molecular flexibility index (Phi) is 5.47. The molecule has 0 amide bonds. The molecule has 1 aliphatic rings. The van der Waals surface area contributed by atoms with Crippen molar-refractivity contribution in [2.45, 2.75) is 44.7 Å². The largest absolute Gasteiger partial charge is 0.497 e. The van der Waals surface area contributed by atoms with Crippen molar-refractivity contribution in [3.8, 4) is 5.75 Å². The summed E-state index contributed by atoms with van der Waals surface area (Å²) >= 11 is 0. The number of pyridine rings is 1. The second kappa shape index (κ2) is 7.95. The lowest BCUT2D eigenvalue weighted by molar-refractivity contribution is -0.107. The zero-order chi connectivity index (χ0) is 16.8. The van der Waals surface area contributed by atoms with Gasteiger partial charge >= 0.3 is 0 Å². The second-order valence-corrected chi connectivity index (χ2v) is 6.25. The highest BCUT2D eigenvalue weighted by Crippen LogP contribution is 2.32. The molecule has 126 valence electrons. The Morgan fingerprint density at radius 2 is 2.12 bits per heavy atom. The molecule has 1 atom stereocenters. The molecular weight excluding hydrogens is 300 g/mol. The summed E-state index contributed by atoms with van der Waals surface area (Å²) in [5, 5.41) is 0. The van der Waals surface area contributed by atoms with Crippen molar-refractivity contribution in [1.82, 2.24) is 4.98 Å². The van der Waals surface area contributed by atoms with Gasteiger partial charge in [0, 0.05) is 25.2 Å². The maximum Gasteiger partial charge on any atom is 0.132 e. The number of aldehydes is 1. The predicted molar refractivity (Wildman–Crippen MR) is 95.4 cm³/mol. The van der Waals surface area contributed by atoms with Gasteiger partial charge in [-0.05, 0) is 55.0 Å². The molecule has 3 rings (SSSR count). The lowest BCUT2D eigenvalue weighted by Gasteiger charge is -2.38. The molecule has 4 nitrogen and oxygen atoms in total. The number of fused-ring (bicyclic) bond motifs is 1. The molecular formula is C20H24N2O2. The van der Waals surface area contributed by atoms with E-state index in [1.807, 2.05) is 24.4 Å². The molecule has 2 aromatic rings. The van der Waals surface area contributed by atoms with Crippen molar-refractivity contribution in [2.75, 3.05) is 12.0 Å². The molecule has 0 spiro atoms. The fourth-order valence-corrected chi connectivity index (χ4v) is 3.40. The molecule has 0 saturated heterocycles. The molecule has 2 heterocycles. The minimum Gasteiger partial charge on any atom is -0.497 e. The number of unbranched alkanes of at least 4 members (excludes halogenated alkanes) is 1. The summed E-state index contributed by atoms with van der Waals surface area (Å²) in [6.07, 6.45) is 7.68. The van der Waals surface area contributed by atoms with E-state index in [0.29, 0.717) is 12.5 Å². The first-order chi connectivity index (χ1) is 11.8. The molecule has 1 aromatic carbocycles. The second-order valence-electron chi connectivity index (χ2n) is 6.25. The van der Waals surface area contributed by atoms with Crippen LogP contribution < -0.4 is 9.64 Å². The summed E-state index contributed by atoms with van der Waals surface area (Å²) in [6, 6.07) is 12.8. The number of nitrogens with zero attached hydrogens (tertiary/aromatic N) is 2. The summed E-state index contributed by atoms with van der Waals surface area (Å²) in [6.45, 7) is 0.833. The van der Waals surface area contributed by atoms with E-state index in [0.717, 1.165) is 50.1 Å². The van der Waals surface area contributed by atoms with E-state index in [4.69, 9.17) is 4.74 Å². The number of anilines is 1. The first-order valence-electron chi connectivity index (χ1n) is 8.59. The molecule has 24 heavy (non-hydrogen) atoms. The van der Waals surface area contributed by atoms with Crippen LogP contribution in [0.2, 0.25) is 0 Å². The average molecular weight is 324 g/mol. The van der Waals surface area contributed by atoms with Crippen LogP contribution in [0.4, 0.5) is 5.82 Å². The Bertz CT molecular complexity index is 670. The highest BCUT2D eigenvalue weighted by Gasteiger charge is 2.26. The molecule has 4 heteroatoms. The summed E-state index contributed by atoms with van der Waals surface area (Å²) in [4.78, 5) is 17.7. The highest BCUT2D eigenvalue weighted by molar-refractivity contribution is 5.51. The lowest BCUT2D eigenvalue weighted by Crippen LogP contribution is -2.39. The summed E-state index contributed by atoms with van der Waals surface area (Å²) in [7, 11) is 1.68. The van der Waals surface area contributed by atoms with Gasteiger partial charge in [0.15, 0.2) is 0 Å². The van der Waals surface area contributed by atoms with E-state index >= 15 is 0 Å². The van der Waals surface area contributed by atoms with Crippen molar-refractivity contribution in [3.63, 3.8) is 0 Å². The Hall–Kier alpha value is -2.36. The SMILES string of the molecule is COc1ccc(CN2c3ncccc3CC[C@H]2CCCC=O)cc1. The smallest absolute Gasteiger partial charge is 0.132 e. The lowest BCUT2D eigenvalue weighted by atomic mass is 9.94. The van der Waals surface area contributed by atoms with Gasteiger partial charge in [0.2, 0.25) is 0 Å². The Labute approximate surface area is 143 Å². The fourth-order valence-electron chi connectivity index (χ4n) is 3.40. The Morgan fingerprint density at radius 3 is 2.88 bits per heavy atom. The van der Waals surface area contributed by atoms with Crippen molar-refractivity contribution in [2.24, 2.45) is 0 Å². The Morgan fingerprint density at radius 1 is 1.29 bits per heavy atom. The van der Waals surface area contributed by atoms with Crippen molar-refractivity contribution in [3.05, 3.63) is 53.7 Å². The van der Waals surface area contributed by atoms with Crippen molar-refractivity contribution < 1.29 is 9.53 Å². The van der Waals surface area contributed by atoms with Gasteiger partial charge in [0.25, 0.3) is 0 Å². The number of aromatic nitrogens is 1. The van der Waals surface area contributed by atoms with Crippen molar-refractivity contribution >= 4 is 12.1 Å². The van der Waals surface area contributed by atoms with Gasteiger partial charge in [-0.1, -0.05) is 18.2 Å². The van der Waals surface area contributed by atoms with Gasteiger partial charge in [-0.2, -0.15) is 0 Å². The van der Waals surface area contributed by atoms with Crippen LogP contribution in [0.5, 0.6) is 5.75 Å². The van der Waals surface area contributed by atoms with Crippen LogP contribution >= 0.6 is 0 Å². The van der Waals surface area contributed by atoms with E-state index in [-0.39, 0.29) is 0 Å². The van der Waals surface area contributed by atoms with Gasteiger partial charge < -0.3 is 14.4 Å². The van der Waals surface area contributed by atoms with Crippen molar-refractivity contribution in [1.29, 1.82) is 0 Å². The standard InChI is InChI=1S/C20H24N2O2/c1-24-19-11-7-16(8-12-19)15-22-18(6-2-3-14-23)10-9-17-5-4-13-21-20(17)22/h4-5,7-8,11-14,18H,2-3,6,9-10,15H2,1H3/t18-/m1/s1. The van der Waals surface area contributed by atoms with Crippen LogP contribution in [-0.4, -0.2) is 24.4 Å². The molecule has 0 bridgehead atoms. The normalized spacial score (nSPS) is 16.5. The van der Waals surface area contributed by atoms with Crippen LogP contribution in [0.15, 0.2) is 42.6 Å². The Balaban J connectivity index is 1.81. The molecule has 0 fully saturated rings. The highest BCUT2D eigenvalue weighted by atomic mass is 16.5. The zero-order valence-corrected chi connectivity index (χ0v) is 14.1. The molecule has 0 saturated carbocycles. The minimum atomic E-state index is 0.439. The number of ether oxygens (including phenoxy) is 1. The topological polar surface area (TPSA) is 42.4 Å².